The smallest absolute Gasteiger partial charge is 0.329 e. The van der Waals surface area contributed by atoms with Gasteiger partial charge in [0, 0.05) is 0 Å². The van der Waals surface area contributed by atoms with E-state index in [-0.39, 0.29) is 41.4 Å². The molecule has 0 aromatic carbocycles. The van der Waals surface area contributed by atoms with Gasteiger partial charge in [-0.25, -0.2) is 4.79 Å². The molecule has 1 saturated heterocycles. The zero-order valence-electron chi connectivity index (χ0n) is 11.9. The average molecular weight is 277 g/mol. The molecule has 0 spiro atoms. The molecule has 5 atom stereocenters. The second-order valence-electron chi connectivity index (χ2n) is 6.26. The topological polar surface area (TPSA) is 63.7 Å². The number of methoxy groups -OCH3 is 1. The Bertz CT molecular complexity index is 480. The first kappa shape index (κ1) is 13.3. The highest BCUT2D eigenvalue weighted by Crippen LogP contribution is 2.53. The molecule has 1 saturated carbocycles. The molecule has 0 N–H and O–H groups in total. The molecule has 1 aliphatic heterocycles. The molecule has 0 radical (unpaired) electrons. The number of nitrogens with zero attached hydrogens (tertiary/aromatic N) is 1. The number of likely N-dealkylation sites (tertiary alicyclic amines) is 1. The van der Waals surface area contributed by atoms with Crippen molar-refractivity contribution in [1.82, 2.24) is 4.90 Å². The van der Waals surface area contributed by atoms with Gasteiger partial charge in [-0.3, -0.25) is 14.5 Å². The Labute approximate surface area is 117 Å². The van der Waals surface area contributed by atoms with Crippen molar-refractivity contribution in [3.63, 3.8) is 0 Å². The molecular weight excluding hydrogens is 258 g/mol. The number of fused-ring (bicyclic) bond motifs is 5. The van der Waals surface area contributed by atoms with E-state index in [4.69, 9.17) is 4.74 Å². The molecule has 3 rings (SSSR count). The SMILES string of the molecule is COC(=O)[C@@H](C(C)C)N1C(=O)[C@@H]2[C@H](C1=O)[C@H]1C=C[C@@H]2C1. The van der Waals surface area contributed by atoms with Crippen LogP contribution in [0, 0.1) is 29.6 Å². The number of ether oxygens (including phenoxy) is 1. The van der Waals surface area contributed by atoms with Gasteiger partial charge in [0.25, 0.3) is 0 Å². The highest BCUT2D eigenvalue weighted by molar-refractivity contribution is 6.09. The number of hydrogen-bond donors (Lipinski definition) is 0. The number of amides is 2. The van der Waals surface area contributed by atoms with Crippen molar-refractivity contribution >= 4 is 17.8 Å². The van der Waals surface area contributed by atoms with Crippen LogP contribution in [0.2, 0.25) is 0 Å². The molecule has 0 aromatic rings. The third-order valence-electron chi connectivity index (χ3n) is 4.86. The van der Waals surface area contributed by atoms with Crippen LogP contribution in [0.15, 0.2) is 12.2 Å². The standard InChI is InChI=1S/C15H19NO4/c1-7(2)12(15(19)20-3)16-13(17)10-8-4-5-9(6-8)11(10)14(16)18/h4-5,7-12H,6H2,1-3H3/t8-,9+,10+,11-,12-/m1/s1. The number of rotatable bonds is 3. The summed E-state index contributed by atoms with van der Waals surface area (Å²) in [7, 11) is 1.29. The number of carbonyl (C=O) groups excluding carboxylic acids is 3. The van der Waals surface area contributed by atoms with E-state index in [1.807, 2.05) is 26.0 Å². The molecule has 108 valence electrons. The molecule has 2 fully saturated rings. The summed E-state index contributed by atoms with van der Waals surface area (Å²) in [6.45, 7) is 3.65. The molecule has 2 amide bonds. The van der Waals surface area contributed by atoms with Gasteiger partial charge >= 0.3 is 5.97 Å². The number of carbonyl (C=O) groups is 3. The Morgan fingerprint density at radius 3 is 2.10 bits per heavy atom. The molecular formula is C15H19NO4. The number of allylic oxidation sites excluding steroid dienone is 2. The van der Waals surface area contributed by atoms with Crippen LogP contribution in [0.5, 0.6) is 0 Å². The summed E-state index contributed by atoms with van der Waals surface area (Å²) in [4.78, 5) is 38.4. The van der Waals surface area contributed by atoms with Crippen LogP contribution in [-0.2, 0) is 19.1 Å². The number of esters is 1. The summed E-state index contributed by atoms with van der Waals surface area (Å²) in [5.74, 6) is -1.25. The van der Waals surface area contributed by atoms with Gasteiger partial charge in [0.05, 0.1) is 18.9 Å². The number of hydrogen-bond acceptors (Lipinski definition) is 4. The zero-order chi connectivity index (χ0) is 14.6. The van der Waals surface area contributed by atoms with Crippen LogP contribution < -0.4 is 0 Å². The van der Waals surface area contributed by atoms with E-state index in [2.05, 4.69) is 0 Å². The first-order valence-corrected chi connectivity index (χ1v) is 7.10. The molecule has 3 aliphatic rings. The van der Waals surface area contributed by atoms with Crippen molar-refractivity contribution in [3.05, 3.63) is 12.2 Å². The van der Waals surface area contributed by atoms with Crippen LogP contribution >= 0.6 is 0 Å². The normalized spacial score (nSPS) is 35.9. The highest BCUT2D eigenvalue weighted by Gasteiger charge is 2.61. The van der Waals surface area contributed by atoms with Gasteiger partial charge in [-0.2, -0.15) is 0 Å². The fraction of sp³-hybridized carbons (Fsp3) is 0.667. The van der Waals surface area contributed by atoms with Crippen molar-refractivity contribution in [2.75, 3.05) is 7.11 Å². The van der Waals surface area contributed by atoms with Crippen molar-refractivity contribution in [2.45, 2.75) is 26.3 Å². The summed E-state index contributed by atoms with van der Waals surface area (Å²) in [5.41, 5.74) is 0. The van der Waals surface area contributed by atoms with E-state index < -0.39 is 12.0 Å². The van der Waals surface area contributed by atoms with E-state index in [1.54, 1.807) is 0 Å². The fourth-order valence-electron chi connectivity index (χ4n) is 4.00. The Morgan fingerprint density at radius 2 is 1.70 bits per heavy atom. The van der Waals surface area contributed by atoms with Crippen LogP contribution in [0.25, 0.3) is 0 Å². The van der Waals surface area contributed by atoms with E-state index >= 15 is 0 Å². The summed E-state index contributed by atoms with van der Waals surface area (Å²) in [6, 6.07) is -0.801. The first-order chi connectivity index (χ1) is 9.47. The van der Waals surface area contributed by atoms with Crippen molar-refractivity contribution < 1.29 is 19.1 Å². The highest BCUT2D eigenvalue weighted by atomic mass is 16.5. The lowest BCUT2D eigenvalue weighted by Crippen LogP contribution is -2.49. The molecule has 5 heteroatoms. The maximum Gasteiger partial charge on any atom is 0.329 e. The molecule has 1 heterocycles. The van der Waals surface area contributed by atoms with Crippen molar-refractivity contribution in [2.24, 2.45) is 29.6 Å². The van der Waals surface area contributed by atoms with E-state index in [9.17, 15) is 14.4 Å². The first-order valence-electron chi connectivity index (χ1n) is 7.10. The molecule has 20 heavy (non-hydrogen) atoms. The van der Waals surface area contributed by atoms with Gasteiger partial charge < -0.3 is 4.74 Å². The van der Waals surface area contributed by atoms with E-state index in [0.29, 0.717) is 0 Å². The minimum absolute atomic E-state index is 0.153. The lowest BCUT2D eigenvalue weighted by atomic mass is 9.85. The van der Waals surface area contributed by atoms with Crippen molar-refractivity contribution in [1.29, 1.82) is 0 Å². The summed E-state index contributed by atoms with van der Waals surface area (Å²) in [6.07, 6.45) is 4.98. The molecule has 0 aromatic heterocycles. The third kappa shape index (κ3) is 1.58. The third-order valence-corrected chi connectivity index (χ3v) is 4.86. The maximum absolute atomic E-state index is 12.6. The lowest BCUT2D eigenvalue weighted by Gasteiger charge is -2.28. The predicted octanol–water partition coefficient (Wildman–Crippen LogP) is 0.991. The monoisotopic (exact) mass is 277 g/mol. The van der Waals surface area contributed by atoms with Crippen LogP contribution in [0.1, 0.15) is 20.3 Å². The Balaban J connectivity index is 1.94. The van der Waals surface area contributed by atoms with Gasteiger partial charge in [-0.1, -0.05) is 26.0 Å². The summed E-state index contributed by atoms with van der Waals surface area (Å²) in [5, 5.41) is 0. The second-order valence-corrected chi connectivity index (χ2v) is 6.26. The van der Waals surface area contributed by atoms with Gasteiger partial charge in [0.15, 0.2) is 0 Å². The number of imide groups is 1. The minimum atomic E-state index is -0.801. The molecule has 2 bridgehead atoms. The largest absolute Gasteiger partial charge is 0.467 e. The van der Waals surface area contributed by atoms with Gasteiger partial charge in [0.2, 0.25) is 11.8 Å². The second kappa shape index (κ2) is 4.43. The van der Waals surface area contributed by atoms with Gasteiger partial charge in [0.1, 0.15) is 6.04 Å². The minimum Gasteiger partial charge on any atom is -0.467 e. The van der Waals surface area contributed by atoms with E-state index in [1.165, 1.54) is 12.0 Å². The van der Waals surface area contributed by atoms with Gasteiger partial charge in [-0.05, 0) is 24.2 Å². The Hall–Kier alpha value is -1.65. The lowest BCUT2D eigenvalue weighted by molar-refractivity contribution is -0.159. The zero-order valence-corrected chi connectivity index (χ0v) is 11.9. The molecule has 0 unspecified atom stereocenters. The van der Waals surface area contributed by atoms with Crippen LogP contribution in [0.3, 0.4) is 0 Å². The van der Waals surface area contributed by atoms with Gasteiger partial charge in [-0.15, -0.1) is 0 Å². The van der Waals surface area contributed by atoms with Crippen molar-refractivity contribution in [3.8, 4) is 0 Å². The Morgan fingerprint density at radius 1 is 1.20 bits per heavy atom. The summed E-state index contributed by atoms with van der Waals surface area (Å²) >= 11 is 0. The predicted molar refractivity (Wildman–Crippen MR) is 70.2 cm³/mol. The molecule has 5 nitrogen and oxygen atoms in total. The average Bonchev–Trinajstić information content (AvgIpc) is 3.07. The van der Waals surface area contributed by atoms with Crippen LogP contribution in [-0.4, -0.2) is 35.8 Å². The summed E-state index contributed by atoms with van der Waals surface area (Å²) < 4.78 is 4.77. The fourth-order valence-corrected chi connectivity index (χ4v) is 4.00. The quantitative estimate of drug-likeness (QED) is 0.438. The maximum atomic E-state index is 12.6. The van der Waals surface area contributed by atoms with E-state index in [0.717, 1.165) is 6.42 Å². The molecule has 2 aliphatic carbocycles. The van der Waals surface area contributed by atoms with Crippen LogP contribution in [0.4, 0.5) is 0 Å². The Kier molecular flexibility index (Phi) is 2.96.